The van der Waals surface area contributed by atoms with Gasteiger partial charge in [0.15, 0.2) is 0 Å². The minimum absolute atomic E-state index is 0.130. The van der Waals surface area contributed by atoms with Gasteiger partial charge in [0.25, 0.3) is 5.56 Å². The van der Waals surface area contributed by atoms with Gasteiger partial charge >= 0.3 is 0 Å². The smallest absolute Gasteiger partial charge is 0.254 e. The van der Waals surface area contributed by atoms with Crippen LogP contribution in [0, 0.1) is 6.92 Å². The van der Waals surface area contributed by atoms with Gasteiger partial charge in [-0.05, 0) is 56.6 Å². The molecule has 1 aromatic carbocycles. The summed E-state index contributed by atoms with van der Waals surface area (Å²) in [7, 11) is 0. The van der Waals surface area contributed by atoms with Gasteiger partial charge in [0.2, 0.25) is 5.91 Å². The third kappa shape index (κ3) is 4.21. The van der Waals surface area contributed by atoms with Crippen LogP contribution in [-0.2, 0) is 11.3 Å². The molecular formula is C21H24ClN5O2. The molecule has 1 fully saturated rings. The average Bonchev–Trinajstić information content (AvgIpc) is 3.25. The number of nitrogens with zero attached hydrogens (tertiary/aromatic N) is 3. The Labute approximate surface area is 173 Å². The maximum Gasteiger partial charge on any atom is 0.254 e. The largest absolute Gasteiger partial charge is 0.343 e. The quantitative estimate of drug-likeness (QED) is 0.583. The molecule has 0 bridgehead atoms. The van der Waals surface area contributed by atoms with Crippen LogP contribution >= 0.6 is 11.6 Å². The van der Waals surface area contributed by atoms with Gasteiger partial charge in [-0.25, -0.2) is 4.68 Å². The minimum atomic E-state index is -0.130. The number of likely N-dealkylation sites (tertiary alicyclic amines) is 1. The summed E-state index contributed by atoms with van der Waals surface area (Å²) in [5, 5.41) is 9.46. The lowest BCUT2D eigenvalue weighted by atomic mass is 10.2. The highest BCUT2D eigenvalue weighted by Gasteiger charge is 2.19. The zero-order valence-corrected chi connectivity index (χ0v) is 17.1. The van der Waals surface area contributed by atoms with E-state index >= 15 is 0 Å². The monoisotopic (exact) mass is 413 g/mol. The van der Waals surface area contributed by atoms with E-state index in [1.54, 1.807) is 16.8 Å². The number of hydrogen-bond acceptors (Lipinski definition) is 4. The number of benzene rings is 1. The number of carbonyl (C=O) groups is 1. The molecule has 3 aromatic rings. The number of H-pyrrole nitrogens is 1. The lowest BCUT2D eigenvalue weighted by Gasteiger charge is -2.15. The van der Waals surface area contributed by atoms with E-state index in [1.165, 1.54) is 0 Å². The molecule has 0 aliphatic carbocycles. The number of carbonyl (C=O) groups excluding carboxylic acids is 1. The molecule has 1 aliphatic heterocycles. The first-order chi connectivity index (χ1) is 14.0. The Morgan fingerprint density at radius 3 is 2.76 bits per heavy atom. The molecule has 29 heavy (non-hydrogen) atoms. The molecule has 0 saturated carbocycles. The van der Waals surface area contributed by atoms with Crippen molar-refractivity contribution in [3.05, 3.63) is 57.0 Å². The molecule has 0 atom stereocenters. The second kappa shape index (κ2) is 8.39. The summed E-state index contributed by atoms with van der Waals surface area (Å²) >= 11 is 5.97. The van der Waals surface area contributed by atoms with Crippen LogP contribution in [0.25, 0.3) is 16.7 Å². The van der Waals surface area contributed by atoms with E-state index in [9.17, 15) is 9.59 Å². The van der Waals surface area contributed by atoms with Crippen molar-refractivity contribution < 1.29 is 4.79 Å². The van der Waals surface area contributed by atoms with Crippen LogP contribution in [-0.4, -0.2) is 45.2 Å². The summed E-state index contributed by atoms with van der Waals surface area (Å²) in [6.45, 7) is 4.80. The number of amides is 1. The molecule has 2 N–H and O–H groups in total. The molecule has 0 spiro atoms. The maximum atomic E-state index is 12.6. The zero-order valence-electron chi connectivity index (χ0n) is 16.4. The number of hydrogen-bond donors (Lipinski definition) is 2. The predicted molar refractivity (Wildman–Crippen MR) is 114 cm³/mol. The van der Waals surface area contributed by atoms with Crippen LogP contribution in [0.5, 0.6) is 0 Å². The van der Waals surface area contributed by atoms with E-state index in [2.05, 4.69) is 15.4 Å². The number of rotatable bonds is 7. The van der Waals surface area contributed by atoms with Crippen molar-refractivity contribution in [3.63, 3.8) is 0 Å². The number of nitrogens with one attached hydrogen (secondary N) is 2. The summed E-state index contributed by atoms with van der Waals surface area (Å²) in [5.74, 6) is 0.250. The van der Waals surface area contributed by atoms with E-state index in [-0.39, 0.29) is 11.5 Å². The summed E-state index contributed by atoms with van der Waals surface area (Å²) < 4.78 is 1.73. The molecule has 0 radical (unpaired) electrons. The highest BCUT2D eigenvalue weighted by molar-refractivity contribution is 6.30. The van der Waals surface area contributed by atoms with Crippen molar-refractivity contribution in [2.45, 2.75) is 32.7 Å². The molecule has 3 heterocycles. The Bertz CT molecular complexity index is 1090. The summed E-state index contributed by atoms with van der Waals surface area (Å²) in [4.78, 5) is 29.1. The number of halogens is 1. The van der Waals surface area contributed by atoms with Crippen LogP contribution in [0.4, 0.5) is 0 Å². The number of fused-ring (bicyclic) bond motifs is 1. The molecule has 4 rings (SSSR count). The van der Waals surface area contributed by atoms with Gasteiger partial charge in [-0.15, -0.1) is 0 Å². The van der Waals surface area contributed by atoms with Gasteiger partial charge in [-0.2, -0.15) is 5.10 Å². The number of aromatic amines is 1. The molecule has 7 nitrogen and oxygen atoms in total. The molecule has 2 aromatic heterocycles. The van der Waals surface area contributed by atoms with E-state index < -0.39 is 0 Å². The number of aryl methyl sites for hydroxylation is 1. The summed E-state index contributed by atoms with van der Waals surface area (Å²) in [6, 6.07) is 9.23. The van der Waals surface area contributed by atoms with E-state index in [4.69, 9.17) is 11.6 Å². The highest BCUT2D eigenvalue weighted by Crippen LogP contribution is 2.21. The molecule has 1 saturated heterocycles. The lowest BCUT2D eigenvalue weighted by molar-refractivity contribution is -0.127. The van der Waals surface area contributed by atoms with E-state index in [1.807, 2.05) is 30.0 Å². The third-order valence-electron chi connectivity index (χ3n) is 5.29. The Balaban J connectivity index is 1.45. The van der Waals surface area contributed by atoms with Gasteiger partial charge in [0.1, 0.15) is 5.65 Å². The second-order valence-corrected chi connectivity index (χ2v) is 7.81. The fourth-order valence-electron chi connectivity index (χ4n) is 3.72. The first kappa shape index (κ1) is 19.7. The van der Waals surface area contributed by atoms with Crippen molar-refractivity contribution >= 4 is 28.5 Å². The van der Waals surface area contributed by atoms with Crippen molar-refractivity contribution in [2.24, 2.45) is 0 Å². The van der Waals surface area contributed by atoms with Crippen molar-refractivity contribution in [2.75, 3.05) is 19.6 Å². The summed E-state index contributed by atoms with van der Waals surface area (Å²) in [6.07, 6.45) is 2.51. The van der Waals surface area contributed by atoms with Crippen LogP contribution in [0.2, 0.25) is 5.02 Å². The van der Waals surface area contributed by atoms with Crippen LogP contribution in [0.15, 0.2) is 35.1 Å². The average molecular weight is 414 g/mol. The lowest BCUT2D eigenvalue weighted by Crippen LogP contribution is -2.29. The van der Waals surface area contributed by atoms with Gasteiger partial charge < -0.3 is 15.2 Å². The van der Waals surface area contributed by atoms with Crippen molar-refractivity contribution in [3.8, 4) is 5.69 Å². The molecular weight excluding hydrogens is 390 g/mol. The van der Waals surface area contributed by atoms with Gasteiger partial charge in [-0.3, -0.25) is 9.59 Å². The first-order valence-electron chi connectivity index (χ1n) is 9.89. The molecule has 1 amide bonds. The topological polar surface area (TPSA) is 83.0 Å². The second-order valence-electron chi connectivity index (χ2n) is 7.37. The fourth-order valence-corrected chi connectivity index (χ4v) is 3.84. The summed E-state index contributed by atoms with van der Waals surface area (Å²) in [5.41, 5.74) is 2.90. The molecule has 0 unspecified atom stereocenters. The normalized spacial score (nSPS) is 14.3. The maximum absolute atomic E-state index is 12.6. The molecule has 1 aliphatic rings. The van der Waals surface area contributed by atoms with Gasteiger partial charge in [-0.1, -0.05) is 11.6 Å². The van der Waals surface area contributed by atoms with Crippen molar-refractivity contribution in [1.82, 2.24) is 25.0 Å². The Morgan fingerprint density at radius 2 is 2.03 bits per heavy atom. The van der Waals surface area contributed by atoms with Gasteiger partial charge in [0, 0.05) is 42.0 Å². The number of pyridine rings is 1. The van der Waals surface area contributed by atoms with Crippen LogP contribution in [0.3, 0.4) is 0 Å². The van der Waals surface area contributed by atoms with E-state index in [0.29, 0.717) is 29.2 Å². The molecule has 152 valence electrons. The predicted octanol–water partition coefficient (Wildman–Crippen LogP) is 2.78. The Morgan fingerprint density at radius 1 is 1.24 bits per heavy atom. The number of aromatic nitrogens is 3. The first-order valence-corrected chi connectivity index (χ1v) is 10.3. The zero-order chi connectivity index (χ0) is 20.4. The Kier molecular flexibility index (Phi) is 5.69. The van der Waals surface area contributed by atoms with Crippen LogP contribution in [0.1, 0.15) is 30.5 Å². The SMILES string of the molecule is Cc1nn(-c2ccc(Cl)cc2)c2[nH]c(=O)c(CNCCCN3CCCC3=O)cc12. The van der Waals surface area contributed by atoms with E-state index in [0.717, 1.165) is 49.2 Å². The minimum Gasteiger partial charge on any atom is -0.343 e. The third-order valence-corrected chi connectivity index (χ3v) is 5.54. The fraction of sp³-hybridized carbons (Fsp3) is 0.381. The van der Waals surface area contributed by atoms with Gasteiger partial charge in [0.05, 0.1) is 11.4 Å². The standard InChI is InChI=1S/C21H24ClN5O2/c1-14-18-12-15(13-23-9-3-11-26-10-2-4-19(26)28)21(29)24-20(18)27(25-14)17-7-5-16(22)6-8-17/h5-8,12,23H,2-4,9-11,13H2,1H3,(H,24,29). The Hall–Kier alpha value is -2.64. The van der Waals surface area contributed by atoms with Crippen molar-refractivity contribution in [1.29, 1.82) is 0 Å². The van der Waals surface area contributed by atoms with Crippen LogP contribution < -0.4 is 10.9 Å². The molecule has 8 heteroatoms. The highest BCUT2D eigenvalue weighted by atomic mass is 35.5.